The Labute approximate surface area is 181 Å². The van der Waals surface area contributed by atoms with Gasteiger partial charge in [0, 0.05) is 50.3 Å². The van der Waals surface area contributed by atoms with Gasteiger partial charge in [0.05, 0.1) is 5.56 Å². The van der Waals surface area contributed by atoms with E-state index in [1.165, 1.54) is 31.4 Å². The van der Waals surface area contributed by atoms with Gasteiger partial charge in [-0.2, -0.15) is 13.2 Å². The van der Waals surface area contributed by atoms with Gasteiger partial charge < -0.3 is 10.2 Å². The summed E-state index contributed by atoms with van der Waals surface area (Å²) >= 11 is 0. The van der Waals surface area contributed by atoms with Crippen LogP contribution < -0.4 is 10.2 Å². The van der Waals surface area contributed by atoms with E-state index in [1.54, 1.807) is 18.5 Å². The van der Waals surface area contributed by atoms with Crippen LogP contribution in [0.2, 0.25) is 0 Å². The summed E-state index contributed by atoms with van der Waals surface area (Å²) in [5.74, 6) is 1.46. The summed E-state index contributed by atoms with van der Waals surface area (Å²) in [6.45, 7) is 4.42. The predicted octanol–water partition coefficient (Wildman–Crippen LogP) is 4.68. The van der Waals surface area contributed by atoms with Crippen LogP contribution >= 0.6 is 0 Å². The maximum Gasteiger partial charge on any atom is 0.416 e. The summed E-state index contributed by atoms with van der Waals surface area (Å²) in [7, 11) is 0. The van der Waals surface area contributed by atoms with Crippen molar-refractivity contribution >= 4 is 11.6 Å². The van der Waals surface area contributed by atoms with E-state index in [1.807, 2.05) is 6.07 Å². The number of hydrogen-bond acceptors (Lipinski definition) is 5. The first-order valence-corrected chi connectivity index (χ1v) is 11.2. The molecule has 31 heavy (non-hydrogen) atoms. The van der Waals surface area contributed by atoms with E-state index < -0.39 is 11.7 Å². The molecule has 168 valence electrons. The highest BCUT2D eigenvalue weighted by Gasteiger charge is 2.31. The fourth-order valence-electron chi connectivity index (χ4n) is 4.63. The van der Waals surface area contributed by atoms with Crippen molar-refractivity contribution in [1.29, 1.82) is 0 Å². The minimum absolute atomic E-state index is 0.453. The van der Waals surface area contributed by atoms with Crippen LogP contribution in [0.5, 0.6) is 0 Å². The Morgan fingerprint density at radius 2 is 1.65 bits per heavy atom. The Bertz CT molecular complexity index is 813. The van der Waals surface area contributed by atoms with E-state index in [0.29, 0.717) is 17.7 Å². The Hall–Kier alpha value is -2.35. The summed E-state index contributed by atoms with van der Waals surface area (Å²) in [6.07, 6.45) is 5.14. The first-order chi connectivity index (χ1) is 15.0. The molecule has 1 aliphatic carbocycles. The molecule has 1 saturated carbocycles. The lowest BCUT2D eigenvalue weighted by Crippen LogP contribution is -2.47. The smallest absolute Gasteiger partial charge is 0.369 e. The normalized spacial score (nSPS) is 23.0. The number of hydrogen-bond donors (Lipinski definition) is 1. The monoisotopic (exact) mass is 433 g/mol. The molecule has 4 rings (SSSR count). The molecule has 0 amide bonds. The lowest BCUT2D eigenvalue weighted by molar-refractivity contribution is -0.137. The SMILES string of the molecule is FC(F)(F)c1cccc(N2CCN(CCC3CCC(Nc4ncccn4)CC3)CC2)c1. The Morgan fingerprint density at radius 1 is 0.935 bits per heavy atom. The quantitative estimate of drug-likeness (QED) is 0.717. The van der Waals surface area contributed by atoms with Gasteiger partial charge in [0.2, 0.25) is 5.95 Å². The zero-order valence-electron chi connectivity index (χ0n) is 17.7. The van der Waals surface area contributed by atoms with Gasteiger partial charge >= 0.3 is 6.18 Å². The van der Waals surface area contributed by atoms with Gasteiger partial charge in [-0.1, -0.05) is 6.07 Å². The topological polar surface area (TPSA) is 44.3 Å². The van der Waals surface area contributed by atoms with Gasteiger partial charge in [-0.15, -0.1) is 0 Å². The van der Waals surface area contributed by atoms with Crippen molar-refractivity contribution in [2.75, 3.05) is 42.9 Å². The average Bonchev–Trinajstić information content (AvgIpc) is 2.79. The lowest BCUT2D eigenvalue weighted by atomic mass is 9.84. The molecule has 0 radical (unpaired) electrons. The molecule has 2 aromatic rings. The molecular weight excluding hydrogens is 403 g/mol. The highest BCUT2D eigenvalue weighted by molar-refractivity contribution is 5.49. The number of halogens is 3. The number of anilines is 2. The van der Waals surface area contributed by atoms with Crippen LogP contribution in [0.15, 0.2) is 42.7 Å². The van der Waals surface area contributed by atoms with Crippen LogP contribution in [0, 0.1) is 5.92 Å². The van der Waals surface area contributed by atoms with Crippen molar-refractivity contribution < 1.29 is 13.2 Å². The molecule has 1 aromatic heterocycles. The van der Waals surface area contributed by atoms with Crippen molar-refractivity contribution in [1.82, 2.24) is 14.9 Å². The van der Waals surface area contributed by atoms with E-state index in [9.17, 15) is 13.2 Å². The Balaban J connectivity index is 1.17. The summed E-state index contributed by atoms with van der Waals surface area (Å²) in [6, 6.07) is 7.95. The van der Waals surface area contributed by atoms with Crippen molar-refractivity contribution in [3.63, 3.8) is 0 Å². The highest BCUT2D eigenvalue weighted by atomic mass is 19.4. The summed E-state index contributed by atoms with van der Waals surface area (Å²) in [5, 5.41) is 3.43. The van der Waals surface area contributed by atoms with Gasteiger partial charge in [0.1, 0.15) is 0 Å². The summed E-state index contributed by atoms with van der Waals surface area (Å²) in [5.41, 5.74) is 0.0963. The third kappa shape index (κ3) is 6.09. The summed E-state index contributed by atoms with van der Waals surface area (Å²) in [4.78, 5) is 13.0. The van der Waals surface area contributed by atoms with Crippen LogP contribution in [0.1, 0.15) is 37.7 Å². The first kappa shape index (κ1) is 21.9. The van der Waals surface area contributed by atoms with Crippen molar-refractivity contribution in [2.24, 2.45) is 5.92 Å². The number of alkyl halides is 3. The van der Waals surface area contributed by atoms with Crippen LogP contribution in [-0.4, -0.2) is 53.6 Å². The molecule has 2 aliphatic rings. The molecule has 8 heteroatoms. The van der Waals surface area contributed by atoms with Crippen molar-refractivity contribution in [3.05, 3.63) is 48.3 Å². The molecule has 0 unspecified atom stereocenters. The highest BCUT2D eigenvalue weighted by Crippen LogP contribution is 2.32. The largest absolute Gasteiger partial charge is 0.416 e. The second kappa shape index (κ2) is 9.85. The van der Waals surface area contributed by atoms with Crippen molar-refractivity contribution in [2.45, 2.75) is 44.3 Å². The fourth-order valence-corrected chi connectivity index (χ4v) is 4.63. The standard InChI is InChI=1S/C23H30F3N5/c24-23(25,26)19-3-1-4-21(17-19)31-15-13-30(14-16-31)12-9-18-5-7-20(8-6-18)29-22-27-10-2-11-28-22/h1-4,10-11,17-18,20H,5-9,12-16H2,(H,27,28,29). The van der Waals surface area contributed by atoms with Gasteiger partial charge in [-0.05, 0) is 68.8 Å². The van der Waals surface area contributed by atoms with E-state index in [4.69, 9.17) is 0 Å². The molecule has 0 atom stereocenters. The molecule has 1 N–H and O–H groups in total. The van der Waals surface area contributed by atoms with Crippen LogP contribution in [-0.2, 0) is 6.18 Å². The maximum absolute atomic E-state index is 13.0. The summed E-state index contributed by atoms with van der Waals surface area (Å²) < 4.78 is 38.9. The molecular formula is C23H30F3N5. The van der Waals surface area contributed by atoms with Crippen LogP contribution in [0.25, 0.3) is 0 Å². The molecule has 5 nitrogen and oxygen atoms in total. The van der Waals surface area contributed by atoms with Gasteiger partial charge in [-0.25, -0.2) is 9.97 Å². The average molecular weight is 434 g/mol. The van der Waals surface area contributed by atoms with E-state index in [0.717, 1.165) is 57.5 Å². The number of aromatic nitrogens is 2. The zero-order chi connectivity index (χ0) is 21.7. The maximum atomic E-state index is 13.0. The minimum atomic E-state index is -4.29. The Kier molecular flexibility index (Phi) is 6.95. The zero-order valence-corrected chi connectivity index (χ0v) is 17.7. The molecule has 1 aliphatic heterocycles. The molecule has 1 saturated heterocycles. The van der Waals surface area contributed by atoms with Crippen LogP contribution in [0.3, 0.4) is 0 Å². The number of nitrogens with one attached hydrogen (secondary N) is 1. The number of rotatable bonds is 6. The van der Waals surface area contributed by atoms with E-state index in [2.05, 4.69) is 25.1 Å². The predicted molar refractivity (Wildman–Crippen MR) is 116 cm³/mol. The first-order valence-electron chi connectivity index (χ1n) is 11.2. The van der Waals surface area contributed by atoms with Crippen molar-refractivity contribution in [3.8, 4) is 0 Å². The molecule has 2 fully saturated rings. The molecule has 1 aromatic carbocycles. The second-order valence-corrected chi connectivity index (χ2v) is 8.60. The lowest BCUT2D eigenvalue weighted by Gasteiger charge is -2.37. The third-order valence-electron chi connectivity index (χ3n) is 6.51. The van der Waals surface area contributed by atoms with Gasteiger partial charge in [0.25, 0.3) is 0 Å². The van der Waals surface area contributed by atoms with Gasteiger partial charge in [-0.3, -0.25) is 4.90 Å². The van der Waals surface area contributed by atoms with E-state index in [-0.39, 0.29) is 0 Å². The van der Waals surface area contributed by atoms with Gasteiger partial charge in [0.15, 0.2) is 0 Å². The molecule has 0 spiro atoms. The molecule has 0 bridgehead atoms. The molecule has 2 heterocycles. The number of piperazine rings is 1. The van der Waals surface area contributed by atoms with E-state index >= 15 is 0 Å². The number of nitrogens with zero attached hydrogens (tertiary/aromatic N) is 4. The minimum Gasteiger partial charge on any atom is -0.369 e. The fraction of sp³-hybridized carbons (Fsp3) is 0.565. The Morgan fingerprint density at radius 3 is 2.32 bits per heavy atom. The second-order valence-electron chi connectivity index (χ2n) is 8.60. The third-order valence-corrected chi connectivity index (χ3v) is 6.51. The number of benzene rings is 1. The van der Waals surface area contributed by atoms with Crippen LogP contribution in [0.4, 0.5) is 24.8 Å².